The second-order valence-corrected chi connectivity index (χ2v) is 10.5. The molecule has 0 saturated heterocycles. The minimum Gasteiger partial charge on any atom is -0.456 e. The summed E-state index contributed by atoms with van der Waals surface area (Å²) >= 11 is 12.7. The van der Waals surface area contributed by atoms with E-state index in [1.54, 1.807) is 20.8 Å². The van der Waals surface area contributed by atoms with Gasteiger partial charge in [-0.2, -0.15) is 13.2 Å². The number of esters is 1. The topological polar surface area (TPSA) is 43.4 Å². The van der Waals surface area contributed by atoms with Crippen LogP contribution in [-0.2, 0) is 11.2 Å². The van der Waals surface area contributed by atoms with Gasteiger partial charge in [-0.15, -0.1) is 11.8 Å². The molecule has 0 radical (unpaired) electrons. The normalized spacial score (nSPS) is 14.7. The molecule has 0 spiro atoms. The lowest BCUT2D eigenvalue weighted by molar-refractivity contribution is -0.149. The predicted molar refractivity (Wildman–Crippen MR) is 120 cm³/mol. The molecule has 0 saturated carbocycles. The molecule has 178 valence electrons. The molecule has 0 aromatic heterocycles. The number of hydrogen-bond acceptors (Lipinski definition) is 4. The first-order valence-corrected chi connectivity index (χ1v) is 11.7. The zero-order valence-electron chi connectivity index (χ0n) is 17.9. The molecule has 10 heteroatoms. The van der Waals surface area contributed by atoms with Gasteiger partial charge in [-0.05, 0) is 56.5 Å². The number of carbonyl (C=O) groups is 2. The maximum absolute atomic E-state index is 13.8. The van der Waals surface area contributed by atoms with Crippen molar-refractivity contribution in [2.24, 2.45) is 0 Å². The van der Waals surface area contributed by atoms with Crippen molar-refractivity contribution in [3.8, 4) is 0 Å². The molecule has 1 atom stereocenters. The highest BCUT2D eigenvalue weighted by atomic mass is 35.5. The average Bonchev–Trinajstić information content (AvgIpc) is 3.16. The molecular weight excluding hydrogens is 503 g/mol. The lowest BCUT2D eigenvalue weighted by atomic mass is 9.88. The lowest BCUT2D eigenvalue weighted by Gasteiger charge is -2.22. The number of alkyl halides is 3. The number of benzene rings is 2. The number of rotatable bonds is 5. The molecule has 0 fully saturated rings. The van der Waals surface area contributed by atoms with Crippen molar-refractivity contribution < 1.29 is 31.9 Å². The maximum atomic E-state index is 13.8. The molecule has 1 aliphatic rings. The highest BCUT2D eigenvalue weighted by molar-refractivity contribution is 7.99. The third kappa shape index (κ3) is 5.84. The monoisotopic (exact) mass is 522 g/mol. The summed E-state index contributed by atoms with van der Waals surface area (Å²) in [5, 5.41) is -1.11. The van der Waals surface area contributed by atoms with Gasteiger partial charge >= 0.3 is 12.1 Å². The molecule has 0 N–H and O–H groups in total. The van der Waals surface area contributed by atoms with Crippen molar-refractivity contribution in [2.45, 2.75) is 56.2 Å². The summed E-state index contributed by atoms with van der Waals surface area (Å²) in [5.74, 6) is -3.97. The van der Waals surface area contributed by atoms with Gasteiger partial charge in [-0.25, -0.2) is 9.18 Å². The van der Waals surface area contributed by atoms with Crippen molar-refractivity contribution >= 4 is 46.7 Å². The van der Waals surface area contributed by atoms with Crippen LogP contribution in [0.1, 0.15) is 65.0 Å². The third-order valence-electron chi connectivity index (χ3n) is 4.97. The minimum atomic E-state index is -4.80. The van der Waals surface area contributed by atoms with Crippen LogP contribution in [-0.4, -0.2) is 29.3 Å². The zero-order chi connectivity index (χ0) is 24.7. The fourth-order valence-corrected chi connectivity index (χ4v) is 5.25. The molecule has 1 unspecified atom stereocenters. The highest BCUT2D eigenvalue weighted by Crippen LogP contribution is 2.43. The molecule has 2 aromatic rings. The van der Waals surface area contributed by atoms with Gasteiger partial charge in [0.05, 0.1) is 21.5 Å². The van der Waals surface area contributed by atoms with E-state index >= 15 is 0 Å². The average molecular weight is 523 g/mol. The van der Waals surface area contributed by atoms with Crippen LogP contribution in [0.3, 0.4) is 0 Å². The molecule has 1 heterocycles. The molecule has 0 bridgehead atoms. The molecule has 0 aliphatic carbocycles. The summed E-state index contributed by atoms with van der Waals surface area (Å²) in [6.45, 7) is 5.17. The second kappa shape index (κ2) is 9.47. The van der Waals surface area contributed by atoms with Gasteiger partial charge in [0.25, 0.3) is 0 Å². The fraction of sp³-hybridized carbons (Fsp3) is 0.391. The Bertz CT molecular complexity index is 1090. The van der Waals surface area contributed by atoms with Gasteiger partial charge in [0.2, 0.25) is 0 Å². The quantitative estimate of drug-likeness (QED) is 0.175. The fourth-order valence-electron chi connectivity index (χ4n) is 3.55. The molecule has 3 rings (SSSR count). The summed E-state index contributed by atoms with van der Waals surface area (Å²) in [6.07, 6.45) is -5.28. The van der Waals surface area contributed by atoms with E-state index in [0.29, 0.717) is 22.6 Å². The SMILES string of the molecule is CC(C)(C)OC(=O)c1ccc(C(=O)CC(c2cc(Cl)c(F)c(Cl)c2)C(F)(F)F)c2c1SCC2. The van der Waals surface area contributed by atoms with E-state index in [2.05, 4.69) is 0 Å². The number of carbonyl (C=O) groups excluding carboxylic acids is 2. The Morgan fingerprint density at radius 1 is 1.09 bits per heavy atom. The largest absolute Gasteiger partial charge is 0.456 e. The van der Waals surface area contributed by atoms with Gasteiger partial charge in [0, 0.05) is 22.6 Å². The number of ketones is 1. The number of fused-ring (bicyclic) bond motifs is 1. The summed E-state index contributed by atoms with van der Waals surface area (Å²) < 4.78 is 60.7. The van der Waals surface area contributed by atoms with Crippen molar-refractivity contribution in [3.63, 3.8) is 0 Å². The first-order chi connectivity index (χ1) is 15.2. The first kappa shape index (κ1) is 25.8. The van der Waals surface area contributed by atoms with E-state index in [1.807, 2.05) is 0 Å². The minimum absolute atomic E-state index is 0.121. The van der Waals surface area contributed by atoms with Crippen LogP contribution in [0.5, 0.6) is 0 Å². The van der Waals surface area contributed by atoms with Crippen LogP contribution >= 0.6 is 35.0 Å². The molecule has 3 nitrogen and oxygen atoms in total. The van der Waals surface area contributed by atoms with Crippen LogP contribution in [0.4, 0.5) is 17.6 Å². The van der Waals surface area contributed by atoms with Gasteiger partial charge in [0.15, 0.2) is 11.6 Å². The van der Waals surface area contributed by atoms with Crippen LogP contribution in [0.15, 0.2) is 29.2 Å². The Morgan fingerprint density at radius 3 is 2.21 bits per heavy atom. The van der Waals surface area contributed by atoms with Crippen molar-refractivity contribution in [3.05, 3.63) is 62.4 Å². The molecule has 0 amide bonds. The van der Waals surface area contributed by atoms with Crippen LogP contribution in [0.25, 0.3) is 0 Å². The molecular formula is C23H20Cl2F4O3S. The third-order valence-corrected chi connectivity index (χ3v) is 6.68. The zero-order valence-corrected chi connectivity index (χ0v) is 20.2. The standard InChI is InChI=1S/C23H20Cl2F4O3S/c1-22(2,3)32-21(31)14-5-4-12(13-6-7-33-20(13)14)18(30)10-15(23(27,28)29)11-8-16(24)19(26)17(25)9-11/h4-5,8-9,15H,6-7,10H2,1-3H3. The number of Topliss-reactive ketones (excluding diaryl/α,β-unsaturated/α-hetero) is 1. The van der Waals surface area contributed by atoms with E-state index in [0.717, 1.165) is 12.1 Å². The molecule has 33 heavy (non-hydrogen) atoms. The van der Waals surface area contributed by atoms with Crippen LogP contribution in [0, 0.1) is 5.82 Å². The Morgan fingerprint density at radius 2 is 1.67 bits per heavy atom. The van der Waals surface area contributed by atoms with Gasteiger partial charge < -0.3 is 4.74 Å². The Kier molecular flexibility index (Phi) is 7.42. The predicted octanol–water partition coefficient (Wildman–Crippen LogP) is 7.65. The molecule has 2 aromatic carbocycles. The highest BCUT2D eigenvalue weighted by Gasteiger charge is 2.43. The Labute approximate surface area is 202 Å². The summed E-state index contributed by atoms with van der Waals surface area (Å²) in [6, 6.07) is 4.44. The summed E-state index contributed by atoms with van der Waals surface area (Å²) in [7, 11) is 0. The maximum Gasteiger partial charge on any atom is 0.396 e. The van der Waals surface area contributed by atoms with Crippen molar-refractivity contribution in [2.75, 3.05) is 5.75 Å². The Hall–Kier alpha value is -1.77. The second-order valence-electron chi connectivity index (χ2n) is 8.59. The number of ether oxygens (including phenoxy) is 1. The smallest absolute Gasteiger partial charge is 0.396 e. The van der Waals surface area contributed by atoms with Crippen LogP contribution < -0.4 is 0 Å². The number of hydrogen-bond donors (Lipinski definition) is 0. The molecule has 1 aliphatic heterocycles. The lowest BCUT2D eigenvalue weighted by Crippen LogP contribution is -2.25. The van der Waals surface area contributed by atoms with Crippen molar-refractivity contribution in [1.82, 2.24) is 0 Å². The summed E-state index contributed by atoms with van der Waals surface area (Å²) in [5.41, 5.74) is -0.188. The van der Waals surface area contributed by atoms with Crippen LogP contribution in [0.2, 0.25) is 10.0 Å². The van der Waals surface area contributed by atoms with Gasteiger partial charge in [0.1, 0.15) is 5.60 Å². The number of thioether (sulfide) groups is 1. The van der Waals surface area contributed by atoms with E-state index in [9.17, 15) is 27.2 Å². The summed E-state index contributed by atoms with van der Waals surface area (Å²) in [4.78, 5) is 26.1. The van der Waals surface area contributed by atoms with Crippen molar-refractivity contribution in [1.29, 1.82) is 0 Å². The van der Waals surface area contributed by atoms with E-state index < -0.39 is 57.3 Å². The number of halogens is 6. The van der Waals surface area contributed by atoms with Gasteiger partial charge in [-0.3, -0.25) is 4.79 Å². The van der Waals surface area contributed by atoms with E-state index in [-0.39, 0.29) is 11.1 Å². The Balaban J connectivity index is 1.96. The van der Waals surface area contributed by atoms with E-state index in [4.69, 9.17) is 27.9 Å². The first-order valence-electron chi connectivity index (χ1n) is 9.95. The van der Waals surface area contributed by atoms with E-state index in [1.165, 1.54) is 23.9 Å². The van der Waals surface area contributed by atoms with Gasteiger partial charge in [-0.1, -0.05) is 29.3 Å².